The molecular formula is C19H22N2O5S. The summed E-state index contributed by atoms with van der Waals surface area (Å²) in [7, 11) is -2.14. The third kappa shape index (κ3) is 5.90. The zero-order valence-electron chi connectivity index (χ0n) is 15.4. The fourth-order valence-corrected chi connectivity index (χ4v) is 3.22. The maximum absolute atomic E-state index is 12.4. The number of ether oxygens (including phenoxy) is 1. The van der Waals surface area contributed by atoms with Crippen molar-refractivity contribution < 1.29 is 22.7 Å². The van der Waals surface area contributed by atoms with Crippen molar-refractivity contribution in [3.63, 3.8) is 0 Å². The van der Waals surface area contributed by atoms with Gasteiger partial charge in [-0.15, -0.1) is 0 Å². The molecule has 8 heteroatoms. The largest absolute Gasteiger partial charge is 0.496 e. The molecule has 0 fully saturated rings. The number of nitrogens with one attached hydrogen (secondary N) is 1. The Morgan fingerprint density at radius 1 is 1.11 bits per heavy atom. The van der Waals surface area contributed by atoms with E-state index in [0.29, 0.717) is 22.6 Å². The monoisotopic (exact) mass is 390 g/mol. The maximum atomic E-state index is 12.4. The average molecular weight is 390 g/mol. The van der Waals surface area contributed by atoms with Crippen LogP contribution in [0, 0.1) is 0 Å². The molecule has 0 radical (unpaired) electrons. The normalized spacial score (nSPS) is 11.3. The number of methoxy groups -OCH3 is 1. The standard InChI is InChI=1S/C19H22N2O5S/c1-14(22)15-8-6-9-17(11-15)20-19(23)13-21(27(3,24)25)12-16-7-4-5-10-18(16)26-2/h4-11H,12-13H2,1-3H3,(H,20,23). The van der Waals surface area contributed by atoms with Crippen LogP contribution in [0.3, 0.4) is 0 Å². The smallest absolute Gasteiger partial charge is 0.239 e. The average Bonchev–Trinajstić information content (AvgIpc) is 2.61. The summed E-state index contributed by atoms with van der Waals surface area (Å²) < 4.78 is 30.6. The lowest BCUT2D eigenvalue weighted by atomic mass is 10.1. The number of sulfonamides is 1. The Morgan fingerprint density at radius 2 is 1.81 bits per heavy atom. The highest BCUT2D eigenvalue weighted by molar-refractivity contribution is 7.88. The van der Waals surface area contributed by atoms with Gasteiger partial charge in [0.05, 0.1) is 19.9 Å². The summed E-state index contributed by atoms with van der Waals surface area (Å²) in [6.07, 6.45) is 1.05. The summed E-state index contributed by atoms with van der Waals surface area (Å²) in [4.78, 5) is 23.8. The van der Waals surface area contributed by atoms with Crippen molar-refractivity contribution in [1.82, 2.24) is 4.31 Å². The molecule has 0 saturated carbocycles. The van der Waals surface area contributed by atoms with Gasteiger partial charge in [-0.2, -0.15) is 4.31 Å². The highest BCUT2D eigenvalue weighted by Crippen LogP contribution is 2.20. The quantitative estimate of drug-likeness (QED) is 0.698. The van der Waals surface area contributed by atoms with Crippen LogP contribution in [0.5, 0.6) is 5.75 Å². The van der Waals surface area contributed by atoms with Gasteiger partial charge in [-0.1, -0.05) is 30.3 Å². The Kier molecular flexibility index (Phi) is 6.70. The van der Waals surface area contributed by atoms with Gasteiger partial charge < -0.3 is 10.1 Å². The number of rotatable bonds is 8. The lowest BCUT2D eigenvalue weighted by molar-refractivity contribution is -0.116. The van der Waals surface area contributed by atoms with Crippen LogP contribution < -0.4 is 10.1 Å². The number of hydrogen-bond donors (Lipinski definition) is 1. The predicted molar refractivity (Wildman–Crippen MR) is 103 cm³/mol. The van der Waals surface area contributed by atoms with Crippen LogP contribution in [0.15, 0.2) is 48.5 Å². The molecule has 0 aromatic heterocycles. The van der Waals surface area contributed by atoms with E-state index >= 15 is 0 Å². The van der Waals surface area contributed by atoms with Gasteiger partial charge in [-0.3, -0.25) is 9.59 Å². The molecule has 2 aromatic carbocycles. The second-order valence-electron chi connectivity index (χ2n) is 6.03. The van der Waals surface area contributed by atoms with Gasteiger partial charge in [0.25, 0.3) is 0 Å². The van der Waals surface area contributed by atoms with Crippen LogP contribution in [0.25, 0.3) is 0 Å². The van der Waals surface area contributed by atoms with E-state index < -0.39 is 15.9 Å². The highest BCUT2D eigenvalue weighted by atomic mass is 32.2. The van der Waals surface area contributed by atoms with Crippen LogP contribution in [0.4, 0.5) is 5.69 Å². The first-order valence-corrected chi connectivity index (χ1v) is 10.0. The Morgan fingerprint density at radius 3 is 2.44 bits per heavy atom. The number of benzene rings is 2. The number of Topliss-reactive ketones (excluding diaryl/α,β-unsaturated/α-hetero) is 1. The minimum absolute atomic E-state index is 0.00372. The lowest BCUT2D eigenvalue weighted by Crippen LogP contribution is -2.37. The summed E-state index contributed by atoms with van der Waals surface area (Å²) in [6, 6.07) is 13.5. The molecule has 0 unspecified atom stereocenters. The molecule has 27 heavy (non-hydrogen) atoms. The minimum Gasteiger partial charge on any atom is -0.496 e. The molecular weight excluding hydrogens is 368 g/mol. The number of nitrogens with zero attached hydrogens (tertiary/aromatic N) is 1. The van der Waals surface area contributed by atoms with Crippen molar-refractivity contribution >= 4 is 27.4 Å². The number of carbonyl (C=O) groups is 2. The van der Waals surface area contributed by atoms with Crippen LogP contribution in [-0.2, 0) is 21.4 Å². The fraction of sp³-hybridized carbons (Fsp3) is 0.263. The Balaban J connectivity index is 2.15. The van der Waals surface area contributed by atoms with Crippen molar-refractivity contribution in [2.45, 2.75) is 13.5 Å². The first kappa shape index (κ1) is 20.6. The SMILES string of the molecule is COc1ccccc1CN(CC(=O)Nc1cccc(C(C)=O)c1)S(C)(=O)=O. The Hall–Kier alpha value is -2.71. The molecule has 0 aliphatic heterocycles. The Labute approximate surface area is 159 Å². The number of para-hydroxylation sites is 1. The predicted octanol–water partition coefficient (Wildman–Crippen LogP) is 2.30. The van der Waals surface area contributed by atoms with Gasteiger partial charge in [-0.25, -0.2) is 8.42 Å². The molecule has 0 aliphatic carbocycles. The molecule has 0 heterocycles. The third-order valence-electron chi connectivity index (χ3n) is 3.88. The first-order valence-electron chi connectivity index (χ1n) is 8.18. The van der Waals surface area contributed by atoms with Crippen molar-refractivity contribution in [2.75, 3.05) is 25.2 Å². The third-order valence-corrected chi connectivity index (χ3v) is 5.08. The van der Waals surface area contributed by atoms with E-state index in [1.807, 2.05) is 0 Å². The summed E-state index contributed by atoms with van der Waals surface area (Å²) in [5, 5.41) is 2.63. The van der Waals surface area contributed by atoms with Gasteiger partial charge in [0.1, 0.15) is 5.75 Å². The molecule has 0 atom stereocenters. The van der Waals surface area contributed by atoms with E-state index in [1.165, 1.54) is 14.0 Å². The van der Waals surface area contributed by atoms with Crippen molar-refractivity contribution in [1.29, 1.82) is 0 Å². The summed E-state index contributed by atoms with van der Waals surface area (Å²) in [5.74, 6) is -0.0863. The fourth-order valence-electron chi connectivity index (χ4n) is 2.49. The zero-order valence-corrected chi connectivity index (χ0v) is 16.2. The molecule has 2 aromatic rings. The molecule has 7 nitrogen and oxygen atoms in total. The molecule has 0 spiro atoms. The molecule has 1 amide bonds. The second-order valence-corrected chi connectivity index (χ2v) is 8.01. The highest BCUT2D eigenvalue weighted by Gasteiger charge is 2.22. The van der Waals surface area contributed by atoms with E-state index in [4.69, 9.17) is 4.74 Å². The van der Waals surface area contributed by atoms with Crippen LogP contribution in [0.1, 0.15) is 22.8 Å². The van der Waals surface area contributed by atoms with E-state index in [2.05, 4.69) is 5.32 Å². The van der Waals surface area contributed by atoms with Gasteiger partial charge in [-0.05, 0) is 25.1 Å². The van der Waals surface area contributed by atoms with Gasteiger partial charge in [0, 0.05) is 23.4 Å². The van der Waals surface area contributed by atoms with Crippen molar-refractivity contribution in [3.8, 4) is 5.75 Å². The van der Waals surface area contributed by atoms with E-state index in [9.17, 15) is 18.0 Å². The van der Waals surface area contributed by atoms with Crippen molar-refractivity contribution in [3.05, 3.63) is 59.7 Å². The topological polar surface area (TPSA) is 92.8 Å². The summed E-state index contributed by atoms with van der Waals surface area (Å²) in [5.41, 5.74) is 1.54. The van der Waals surface area contributed by atoms with Crippen LogP contribution in [-0.4, -0.2) is 44.3 Å². The van der Waals surface area contributed by atoms with E-state index in [1.54, 1.807) is 48.5 Å². The molecule has 2 rings (SSSR count). The van der Waals surface area contributed by atoms with Crippen LogP contribution in [0.2, 0.25) is 0 Å². The van der Waals surface area contributed by atoms with Gasteiger partial charge in [0.15, 0.2) is 5.78 Å². The lowest BCUT2D eigenvalue weighted by Gasteiger charge is -2.20. The number of ketones is 1. The van der Waals surface area contributed by atoms with E-state index in [-0.39, 0.29) is 18.9 Å². The van der Waals surface area contributed by atoms with Crippen LogP contribution >= 0.6 is 0 Å². The van der Waals surface area contributed by atoms with E-state index in [0.717, 1.165) is 10.6 Å². The molecule has 0 aliphatic rings. The molecule has 1 N–H and O–H groups in total. The number of hydrogen-bond acceptors (Lipinski definition) is 5. The summed E-state index contributed by atoms with van der Waals surface area (Å²) in [6.45, 7) is 1.07. The Bertz CT molecular complexity index is 941. The zero-order chi connectivity index (χ0) is 20.0. The number of anilines is 1. The number of carbonyl (C=O) groups excluding carboxylic acids is 2. The molecule has 144 valence electrons. The number of amides is 1. The second kappa shape index (κ2) is 8.79. The molecule has 0 bridgehead atoms. The maximum Gasteiger partial charge on any atom is 0.239 e. The van der Waals surface area contributed by atoms with Crippen molar-refractivity contribution in [2.24, 2.45) is 0 Å². The van der Waals surface area contributed by atoms with Gasteiger partial charge in [0.2, 0.25) is 15.9 Å². The minimum atomic E-state index is -3.63. The van der Waals surface area contributed by atoms with Gasteiger partial charge >= 0.3 is 0 Å². The molecule has 0 saturated heterocycles. The first-order chi connectivity index (χ1) is 12.7. The summed E-state index contributed by atoms with van der Waals surface area (Å²) >= 11 is 0.